The highest BCUT2D eigenvalue weighted by molar-refractivity contribution is 6.09. The number of rotatable bonds is 2. The lowest BCUT2D eigenvalue weighted by atomic mass is 9.97. The summed E-state index contributed by atoms with van der Waals surface area (Å²) < 4.78 is 5.29. The van der Waals surface area contributed by atoms with Crippen LogP contribution >= 0.6 is 0 Å². The van der Waals surface area contributed by atoms with Gasteiger partial charge in [-0.1, -0.05) is 84.6 Å². The molecule has 0 saturated heterocycles. The molecule has 0 N–H and O–H groups in total. The minimum absolute atomic E-state index is 0.593. The summed E-state index contributed by atoms with van der Waals surface area (Å²) in [6.45, 7) is 0. The fraction of sp³-hybridized carbons (Fsp3) is 0.0357. The molecule has 1 aromatic heterocycles. The van der Waals surface area contributed by atoms with Crippen molar-refractivity contribution >= 4 is 21.5 Å². The van der Waals surface area contributed by atoms with Crippen LogP contribution in [0.1, 0.15) is 11.1 Å². The van der Waals surface area contributed by atoms with Gasteiger partial charge in [0.25, 0.3) is 0 Å². The van der Waals surface area contributed by atoms with E-state index >= 15 is 0 Å². The number of fused-ring (bicyclic) bond motifs is 3. The second-order valence-electron chi connectivity index (χ2n) is 7.05. The summed E-state index contributed by atoms with van der Waals surface area (Å²) in [6, 6.07) is 32.9. The Morgan fingerprint density at radius 2 is 1.33 bits per heavy atom. The number of methoxy groups -OCH3 is 1. The van der Waals surface area contributed by atoms with Crippen LogP contribution in [0.15, 0.2) is 97.1 Å². The summed E-state index contributed by atoms with van der Waals surface area (Å²) in [6.07, 6.45) is 0. The first-order valence-corrected chi connectivity index (χ1v) is 9.86. The Morgan fingerprint density at radius 3 is 2.20 bits per heavy atom. The van der Waals surface area contributed by atoms with Crippen LogP contribution in [0.2, 0.25) is 0 Å². The number of nitrogens with zero attached hydrogens (tertiary/aromatic N) is 1. The molecule has 0 atom stereocenters. The maximum absolute atomic E-state index is 5.29. The molecular weight excluding hydrogens is 366 g/mol. The van der Waals surface area contributed by atoms with Gasteiger partial charge in [0.15, 0.2) is 0 Å². The predicted molar refractivity (Wildman–Crippen MR) is 124 cm³/mol. The first kappa shape index (κ1) is 18.0. The zero-order chi connectivity index (χ0) is 20.3. The molecule has 0 aliphatic rings. The van der Waals surface area contributed by atoms with Gasteiger partial charge in [-0.25, -0.2) is 4.98 Å². The lowest BCUT2D eigenvalue weighted by Crippen LogP contribution is -1.91. The summed E-state index contributed by atoms with van der Waals surface area (Å²) in [5.74, 6) is 7.41. The van der Waals surface area contributed by atoms with Crippen LogP contribution in [0.4, 0.5) is 0 Å². The maximum atomic E-state index is 5.29. The lowest BCUT2D eigenvalue weighted by molar-refractivity contribution is 0.398. The van der Waals surface area contributed by atoms with Gasteiger partial charge in [0.05, 0.1) is 12.8 Å². The molecule has 0 radical (unpaired) electrons. The van der Waals surface area contributed by atoms with E-state index in [1.807, 2.05) is 42.5 Å². The lowest BCUT2D eigenvalue weighted by Gasteiger charge is -2.07. The molecule has 0 bridgehead atoms. The van der Waals surface area contributed by atoms with Gasteiger partial charge >= 0.3 is 0 Å². The molecule has 2 heteroatoms. The average molecular weight is 385 g/mol. The zero-order valence-corrected chi connectivity index (χ0v) is 16.6. The van der Waals surface area contributed by atoms with Gasteiger partial charge in [-0.15, -0.1) is 0 Å². The summed E-state index contributed by atoms with van der Waals surface area (Å²) >= 11 is 0. The van der Waals surface area contributed by atoms with Crippen molar-refractivity contribution < 1.29 is 4.74 Å². The highest BCUT2D eigenvalue weighted by Gasteiger charge is 2.07. The second-order valence-corrected chi connectivity index (χ2v) is 7.05. The third-order valence-electron chi connectivity index (χ3n) is 5.24. The summed E-state index contributed by atoms with van der Waals surface area (Å²) in [7, 11) is 1.63. The van der Waals surface area contributed by atoms with Gasteiger partial charge in [-0.2, -0.15) is 0 Å². The molecule has 5 rings (SSSR count). The predicted octanol–water partition coefficient (Wildman–Crippen LogP) is 6.46. The normalized spacial score (nSPS) is 10.6. The van der Waals surface area contributed by atoms with E-state index in [-0.39, 0.29) is 0 Å². The van der Waals surface area contributed by atoms with Crippen LogP contribution in [0.5, 0.6) is 5.88 Å². The monoisotopic (exact) mass is 385 g/mol. The molecule has 5 aromatic rings. The van der Waals surface area contributed by atoms with Gasteiger partial charge < -0.3 is 4.74 Å². The number of ether oxygens (including phenoxy) is 1. The highest BCUT2D eigenvalue weighted by atomic mass is 16.5. The summed E-state index contributed by atoms with van der Waals surface area (Å²) in [5.41, 5.74) is 3.81. The van der Waals surface area contributed by atoms with E-state index in [1.165, 1.54) is 21.5 Å². The molecule has 0 amide bonds. The average Bonchev–Trinajstić information content (AvgIpc) is 2.83. The third-order valence-corrected chi connectivity index (χ3v) is 5.24. The van der Waals surface area contributed by atoms with E-state index < -0.39 is 0 Å². The van der Waals surface area contributed by atoms with E-state index in [1.54, 1.807) is 7.11 Å². The maximum Gasteiger partial charge on any atom is 0.213 e. The third kappa shape index (κ3) is 3.27. The summed E-state index contributed by atoms with van der Waals surface area (Å²) in [5, 5.41) is 4.84. The van der Waals surface area contributed by atoms with Crippen molar-refractivity contribution in [3.8, 4) is 29.0 Å². The Balaban J connectivity index is 1.67. The van der Waals surface area contributed by atoms with E-state index in [9.17, 15) is 0 Å². The van der Waals surface area contributed by atoms with Gasteiger partial charge in [0, 0.05) is 22.8 Å². The van der Waals surface area contributed by atoms with Crippen molar-refractivity contribution in [1.29, 1.82) is 0 Å². The van der Waals surface area contributed by atoms with E-state index in [0.29, 0.717) is 5.88 Å². The van der Waals surface area contributed by atoms with E-state index in [0.717, 1.165) is 22.4 Å². The molecular formula is C28H19NO. The Morgan fingerprint density at radius 1 is 0.633 bits per heavy atom. The number of pyridine rings is 1. The van der Waals surface area contributed by atoms with Crippen molar-refractivity contribution in [2.45, 2.75) is 0 Å². The molecule has 30 heavy (non-hydrogen) atoms. The van der Waals surface area contributed by atoms with Crippen molar-refractivity contribution in [2.24, 2.45) is 0 Å². The van der Waals surface area contributed by atoms with Crippen LogP contribution in [-0.4, -0.2) is 12.1 Å². The molecule has 142 valence electrons. The Labute approximate surface area is 175 Å². The van der Waals surface area contributed by atoms with Crippen molar-refractivity contribution in [1.82, 2.24) is 4.98 Å². The number of benzene rings is 4. The molecule has 0 fully saturated rings. The van der Waals surface area contributed by atoms with Gasteiger partial charge in [-0.05, 0) is 39.7 Å². The van der Waals surface area contributed by atoms with Crippen LogP contribution in [-0.2, 0) is 0 Å². The minimum Gasteiger partial charge on any atom is -0.481 e. The van der Waals surface area contributed by atoms with E-state index in [2.05, 4.69) is 71.4 Å². The largest absolute Gasteiger partial charge is 0.481 e. The SMILES string of the molecule is COc1cccc(-c2ccccc2C#Cc2cc3ccccc3c3ccccc23)n1. The molecule has 0 saturated carbocycles. The first-order valence-electron chi connectivity index (χ1n) is 9.86. The van der Waals surface area contributed by atoms with Gasteiger partial charge in [0.1, 0.15) is 0 Å². The standard InChI is InChI=1S/C28H19NO/c1-30-28-16-8-15-27(29-28)25-13-5-2-9-20(25)17-18-22-19-21-10-3-4-11-23(21)26-14-7-6-12-24(22)26/h2-16,19H,1H3. The van der Waals surface area contributed by atoms with Gasteiger partial charge in [0.2, 0.25) is 5.88 Å². The molecule has 2 nitrogen and oxygen atoms in total. The molecule has 0 spiro atoms. The zero-order valence-electron chi connectivity index (χ0n) is 16.6. The summed E-state index contributed by atoms with van der Waals surface area (Å²) in [4.78, 5) is 4.58. The van der Waals surface area contributed by atoms with E-state index in [4.69, 9.17) is 4.74 Å². The Kier molecular flexibility index (Phi) is 4.63. The smallest absolute Gasteiger partial charge is 0.213 e. The molecule has 1 heterocycles. The quantitative estimate of drug-likeness (QED) is 0.257. The number of hydrogen-bond acceptors (Lipinski definition) is 2. The number of hydrogen-bond donors (Lipinski definition) is 0. The fourth-order valence-electron chi connectivity index (χ4n) is 3.79. The molecule has 0 aliphatic heterocycles. The molecule has 0 unspecified atom stereocenters. The van der Waals surface area contributed by atoms with Crippen molar-refractivity contribution in [3.63, 3.8) is 0 Å². The van der Waals surface area contributed by atoms with Crippen LogP contribution in [0, 0.1) is 11.8 Å². The van der Waals surface area contributed by atoms with Crippen molar-refractivity contribution in [3.05, 3.63) is 108 Å². The minimum atomic E-state index is 0.593. The van der Waals surface area contributed by atoms with Crippen LogP contribution < -0.4 is 4.74 Å². The second kappa shape index (κ2) is 7.73. The van der Waals surface area contributed by atoms with Crippen molar-refractivity contribution in [2.75, 3.05) is 7.11 Å². The fourth-order valence-corrected chi connectivity index (χ4v) is 3.79. The topological polar surface area (TPSA) is 22.1 Å². The Hall–Kier alpha value is -4.09. The van der Waals surface area contributed by atoms with Crippen LogP contribution in [0.3, 0.4) is 0 Å². The molecule has 4 aromatic carbocycles. The molecule has 0 aliphatic carbocycles. The number of aromatic nitrogens is 1. The highest BCUT2D eigenvalue weighted by Crippen LogP contribution is 2.29. The first-order chi connectivity index (χ1) is 14.8. The van der Waals surface area contributed by atoms with Gasteiger partial charge in [-0.3, -0.25) is 0 Å². The Bertz CT molecular complexity index is 1440. The van der Waals surface area contributed by atoms with Crippen LogP contribution in [0.25, 0.3) is 32.8 Å².